The first-order valence-electron chi connectivity index (χ1n) is 12.1. The summed E-state index contributed by atoms with van der Waals surface area (Å²) in [4.78, 5) is 31.2. The zero-order valence-corrected chi connectivity index (χ0v) is 20.7. The van der Waals surface area contributed by atoms with Gasteiger partial charge in [-0.15, -0.1) is 11.8 Å². The maximum atomic E-state index is 13.3. The predicted octanol–water partition coefficient (Wildman–Crippen LogP) is 4.43. The van der Waals surface area contributed by atoms with Crippen molar-refractivity contribution in [3.63, 3.8) is 0 Å². The number of hydrogen-bond acceptors (Lipinski definition) is 4. The average molecular weight is 496 g/mol. The molecule has 3 fully saturated rings. The summed E-state index contributed by atoms with van der Waals surface area (Å²) in [7, 11) is 0. The molecule has 0 aromatic heterocycles. The fraction of sp³-hybridized carbons (Fsp3) is 0.407. The molecule has 5 rings (SSSR count). The second kappa shape index (κ2) is 10.5. The van der Waals surface area contributed by atoms with E-state index in [4.69, 9.17) is 11.6 Å². The number of nitrogens with one attached hydrogen (secondary N) is 1. The number of amides is 2. The maximum absolute atomic E-state index is 13.3. The number of carbonyl (C=O) groups is 2. The van der Waals surface area contributed by atoms with E-state index in [9.17, 15) is 9.59 Å². The predicted molar refractivity (Wildman–Crippen MR) is 138 cm³/mol. The number of thioether (sulfide) groups is 1. The lowest BCUT2D eigenvalue weighted by atomic mass is 9.84. The monoisotopic (exact) mass is 495 g/mol. The number of carbonyl (C=O) groups excluding carboxylic acids is 2. The first-order chi connectivity index (χ1) is 16.6. The van der Waals surface area contributed by atoms with Gasteiger partial charge in [0.15, 0.2) is 0 Å². The maximum Gasteiger partial charge on any atom is 0.257 e. The molecule has 2 aromatic carbocycles. The molecule has 2 heterocycles. The Morgan fingerprint density at radius 1 is 1.03 bits per heavy atom. The average Bonchev–Trinajstić information content (AvgIpc) is 2.86. The number of hydrogen-bond donors (Lipinski definition) is 1. The highest BCUT2D eigenvalue weighted by Crippen LogP contribution is 2.40. The van der Waals surface area contributed by atoms with Crippen molar-refractivity contribution >= 4 is 41.3 Å². The summed E-state index contributed by atoms with van der Waals surface area (Å²) >= 11 is 7.91. The molecule has 1 aliphatic carbocycles. The lowest BCUT2D eigenvalue weighted by Crippen LogP contribution is -2.54. The van der Waals surface area contributed by atoms with Crippen molar-refractivity contribution in [2.75, 3.05) is 26.2 Å². The highest BCUT2D eigenvalue weighted by molar-refractivity contribution is 8.04. The number of nitrogens with zero attached hydrogens (tertiary/aromatic N) is 2. The van der Waals surface area contributed by atoms with Crippen LogP contribution in [0.4, 0.5) is 0 Å². The first-order valence-corrected chi connectivity index (χ1v) is 13.3. The van der Waals surface area contributed by atoms with Crippen LogP contribution in [-0.2, 0) is 16.1 Å². The molecular formula is C27H30ClN3O2S. The van der Waals surface area contributed by atoms with E-state index in [0.29, 0.717) is 15.2 Å². The van der Waals surface area contributed by atoms with Gasteiger partial charge in [-0.05, 0) is 42.5 Å². The van der Waals surface area contributed by atoms with Crippen molar-refractivity contribution in [3.05, 3.63) is 75.7 Å². The summed E-state index contributed by atoms with van der Waals surface area (Å²) in [6.45, 7) is 4.30. The van der Waals surface area contributed by atoms with Gasteiger partial charge in [-0.3, -0.25) is 14.5 Å². The topological polar surface area (TPSA) is 52.7 Å². The van der Waals surface area contributed by atoms with E-state index < -0.39 is 0 Å². The molecule has 178 valence electrons. The highest BCUT2D eigenvalue weighted by Gasteiger charge is 2.41. The zero-order valence-electron chi connectivity index (χ0n) is 19.2. The number of fused-ring (bicyclic) bond motifs is 1. The first kappa shape index (κ1) is 23.5. The highest BCUT2D eigenvalue weighted by atomic mass is 35.5. The minimum Gasteiger partial charge on any atom is -0.348 e. The van der Waals surface area contributed by atoms with Crippen molar-refractivity contribution in [2.24, 2.45) is 5.92 Å². The smallest absolute Gasteiger partial charge is 0.257 e. The van der Waals surface area contributed by atoms with Crippen LogP contribution in [0, 0.1) is 5.92 Å². The molecule has 2 amide bonds. The van der Waals surface area contributed by atoms with E-state index in [1.165, 1.54) is 5.56 Å². The van der Waals surface area contributed by atoms with Gasteiger partial charge in [-0.25, -0.2) is 0 Å². The van der Waals surface area contributed by atoms with E-state index in [1.54, 1.807) is 11.8 Å². The fourth-order valence-electron chi connectivity index (χ4n) is 5.18. The van der Waals surface area contributed by atoms with Crippen molar-refractivity contribution < 1.29 is 9.59 Å². The van der Waals surface area contributed by atoms with Gasteiger partial charge in [-0.2, -0.15) is 0 Å². The van der Waals surface area contributed by atoms with Gasteiger partial charge in [0.1, 0.15) is 0 Å². The van der Waals surface area contributed by atoms with Crippen molar-refractivity contribution in [3.8, 4) is 0 Å². The molecule has 3 unspecified atom stereocenters. The second-order valence-corrected chi connectivity index (χ2v) is 11.1. The zero-order chi connectivity index (χ0) is 23.5. The Hall–Kier alpha value is -2.28. The van der Waals surface area contributed by atoms with Crippen molar-refractivity contribution in [2.45, 2.75) is 37.1 Å². The van der Waals surface area contributed by atoms with Gasteiger partial charge >= 0.3 is 0 Å². The Bertz CT molecular complexity index is 1070. The lowest BCUT2D eigenvalue weighted by Gasteiger charge is -2.42. The molecule has 2 aliphatic heterocycles. The summed E-state index contributed by atoms with van der Waals surface area (Å²) in [5, 5.41) is 4.13. The Balaban J connectivity index is 1.15. The van der Waals surface area contributed by atoms with Gasteiger partial charge in [0.25, 0.3) is 5.91 Å². The fourth-order valence-corrected chi connectivity index (χ4v) is 6.65. The summed E-state index contributed by atoms with van der Waals surface area (Å²) in [5.41, 5.74) is 2.17. The van der Waals surface area contributed by atoms with Gasteiger partial charge in [0.05, 0.1) is 4.91 Å². The van der Waals surface area contributed by atoms with Crippen molar-refractivity contribution in [1.29, 1.82) is 0 Å². The molecule has 1 N–H and O–H groups in total. The Kier molecular flexibility index (Phi) is 7.28. The third-order valence-electron chi connectivity index (χ3n) is 7.08. The van der Waals surface area contributed by atoms with Crippen LogP contribution in [0.15, 0.2) is 59.5 Å². The number of piperazine rings is 1. The standard InChI is InChI=1S/C27H30ClN3O2S/c28-22-9-5-4-8-20(22)17-25-26(32)29-23-16-21(10-11-24(23)34-25)27(33)31-14-12-30(13-15-31)18-19-6-2-1-3-7-19/h1-9,17,21,23-24H,10-16,18H2,(H,29,32)/b25-17+. The third kappa shape index (κ3) is 5.35. The SMILES string of the molecule is O=C1NC2CC(C(=O)N3CCN(Cc4ccccc4)CC3)CCC2S/C1=C/c1ccccc1Cl. The molecule has 5 nitrogen and oxygen atoms in total. The normalized spacial score (nSPS) is 26.7. The van der Waals surface area contributed by atoms with Gasteiger partial charge < -0.3 is 10.2 Å². The van der Waals surface area contributed by atoms with Crippen LogP contribution in [-0.4, -0.2) is 59.1 Å². The van der Waals surface area contributed by atoms with Crippen LogP contribution < -0.4 is 5.32 Å². The van der Waals surface area contributed by atoms with E-state index in [1.807, 2.05) is 41.3 Å². The van der Waals surface area contributed by atoms with E-state index in [-0.39, 0.29) is 23.8 Å². The minimum absolute atomic E-state index is 0.00285. The molecule has 3 atom stereocenters. The van der Waals surface area contributed by atoms with Crippen LogP contribution in [0.2, 0.25) is 5.02 Å². The lowest BCUT2D eigenvalue weighted by molar-refractivity contribution is -0.139. The van der Waals surface area contributed by atoms with E-state index >= 15 is 0 Å². The number of halogens is 1. The van der Waals surface area contributed by atoms with E-state index in [0.717, 1.165) is 57.5 Å². The van der Waals surface area contributed by atoms with Crippen LogP contribution in [0.1, 0.15) is 30.4 Å². The Labute approximate surface area is 210 Å². The minimum atomic E-state index is -0.0613. The molecule has 2 saturated heterocycles. The van der Waals surface area contributed by atoms with Crippen LogP contribution in [0.25, 0.3) is 6.08 Å². The molecule has 0 spiro atoms. The van der Waals surface area contributed by atoms with Crippen LogP contribution in [0.5, 0.6) is 0 Å². The third-order valence-corrected chi connectivity index (χ3v) is 8.85. The quantitative estimate of drug-likeness (QED) is 0.638. The molecule has 0 bridgehead atoms. The van der Waals surface area contributed by atoms with E-state index in [2.05, 4.69) is 34.5 Å². The largest absolute Gasteiger partial charge is 0.348 e. The van der Waals surface area contributed by atoms with Crippen LogP contribution >= 0.6 is 23.4 Å². The number of rotatable bonds is 4. The number of benzene rings is 2. The second-order valence-electron chi connectivity index (χ2n) is 9.36. The van der Waals surface area contributed by atoms with Gasteiger partial charge in [0.2, 0.25) is 5.91 Å². The van der Waals surface area contributed by atoms with Gasteiger partial charge in [0, 0.05) is 55.0 Å². The van der Waals surface area contributed by atoms with Crippen molar-refractivity contribution in [1.82, 2.24) is 15.1 Å². The Morgan fingerprint density at radius 2 is 1.76 bits per heavy atom. The summed E-state index contributed by atoms with van der Waals surface area (Å²) in [5.74, 6) is 0.195. The molecule has 0 radical (unpaired) electrons. The summed E-state index contributed by atoms with van der Waals surface area (Å²) in [6.07, 6.45) is 4.42. The molecular weight excluding hydrogens is 466 g/mol. The van der Waals surface area contributed by atoms with Gasteiger partial charge in [-0.1, -0.05) is 60.1 Å². The van der Waals surface area contributed by atoms with Crippen LogP contribution in [0.3, 0.4) is 0 Å². The molecule has 1 saturated carbocycles. The molecule has 7 heteroatoms. The summed E-state index contributed by atoms with van der Waals surface area (Å²) in [6, 6.07) is 18.1. The molecule has 34 heavy (non-hydrogen) atoms. The molecule has 3 aliphatic rings. The Morgan fingerprint density at radius 3 is 2.53 bits per heavy atom. The molecule has 2 aromatic rings. The summed E-state index contributed by atoms with van der Waals surface area (Å²) < 4.78 is 0.